The molecule has 0 unspecified atom stereocenters. The van der Waals surface area contributed by atoms with Crippen LogP contribution in [-0.2, 0) is 16.0 Å². The summed E-state index contributed by atoms with van der Waals surface area (Å²) in [6, 6.07) is 9.38. The van der Waals surface area contributed by atoms with Crippen molar-refractivity contribution in [2.24, 2.45) is 0 Å². The molecule has 2 aromatic carbocycles. The molecule has 0 aliphatic heterocycles. The van der Waals surface area contributed by atoms with E-state index in [-0.39, 0.29) is 17.8 Å². The van der Waals surface area contributed by atoms with Crippen molar-refractivity contribution in [3.8, 4) is 11.1 Å². The Morgan fingerprint density at radius 3 is 2.53 bits per heavy atom. The van der Waals surface area contributed by atoms with Crippen LogP contribution in [-0.4, -0.2) is 23.5 Å². The van der Waals surface area contributed by atoms with Gasteiger partial charge in [0.05, 0.1) is 18.2 Å². The lowest BCUT2D eigenvalue weighted by Gasteiger charge is -2.08. The number of aryl methyl sites for hydroxylation is 1. The molecule has 0 radical (unpaired) electrons. The average molecular weight is 409 g/mol. The molecule has 4 rings (SSSR count). The van der Waals surface area contributed by atoms with Gasteiger partial charge in [0.1, 0.15) is 23.5 Å². The standard InChI is InChI=1S/C22H16FNO6/c1-11-14-6-16-17(12-2-4-13(23)5-3-12)10-29-18(16)8-19(14)30-22(28)15(11)7-20(25)24-9-21(26)27/h2-6,8,10H,7,9H2,1H3,(H,24,25)(H,26,27). The lowest BCUT2D eigenvalue weighted by molar-refractivity contribution is -0.137. The van der Waals surface area contributed by atoms with Crippen LogP contribution in [0.25, 0.3) is 33.1 Å². The summed E-state index contributed by atoms with van der Waals surface area (Å²) in [4.78, 5) is 35.0. The zero-order valence-corrected chi connectivity index (χ0v) is 15.8. The largest absolute Gasteiger partial charge is 0.480 e. The van der Waals surface area contributed by atoms with E-state index in [9.17, 15) is 18.8 Å². The molecule has 0 fully saturated rings. The summed E-state index contributed by atoms with van der Waals surface area (Å²) in [6.07, 6.45) is 1.25. The zero-order chi connectivity index (χ0) is 21.4. The van der Waals surface area contributed by atoms with Crippen molar-refractivity contribution in [2.75, 3.05) is 6.54 Å². The molecule has 0 aliphatic carbocycles. The number of carbonyl (C=O) groups excluding carboxylic acids is 1. The van der Waals surface area contributed by atoms with Crippen LogP contribution >= 0.6 is 0 Å². The highest BCUT2D eigenvalue weighted by Crippen LogP contribution is 2.34. The lowest BCUT2D eigenvalue weighted by Crippen LogP contribution is -2.32. The predicted molar refractivity (Wildman–Crippen MR) is 107 cm³/mol. The Morgan fingerprint density at radius 1 is 1.10 bits per heavy atom. The quantitative estimate of drug-likeness (QED) is 0.489. The molecule has 2 heterocycles. The van der Waals surface area contributed by atoms with Crippen molar-refractivity contribution in [3.63, 3.8) is 0 Å². The van der Waals surface area contributed by atoms with Crippen LogP contribution in [0.15, 0.2) is 56.3 Å². The maximum Gasteiger partial charge on any atom is 0.340 e. The summed E-state index contributed by atoms with van der Waals surface area (Å²) in [5.41, 5.74) is 2.35. The smallest absolute Gasteiger partial charge is 0.340 e. The molecular weight excluding hydrogens is 393 g/mol. The Hall–Kier alpha value is -3.94. The number of carbonyl (C=O) groups is 2. The van der Waals surface area contributed by atoms with Gasteiger partial charge in [-0.15, -0.1) is 0 Å². The fourth-order valence-corrected chi connectivity index (χ4v) is 3.36. The first kappa shape index (κ1) is 19.4. The minimum absolute atomic E-state index is 0.150. The Kier molecular flexibility index (Phi) is 4.83. The van der Waals surface area contributed by atoms with Crippen LogP contribution in [0.5, 0.6) is 0 Å². The van der Waals surface area contributed by atoms with Gasteiger partial charge in [-0.2, -0.15) is 0 Å². The van der Waals surface area contributed by atoms with Crippen molar-refractivity contribution >= 4 is 33.8 Å². The Morgan fingerprint density at radius 2 is 1.83 bits per heavy atom. The lowest BCUT2D eigenvalue weighted by atomic mass is 9.99. The second-order valence-corrected chi connectivity index (χ2v) is 6.84. The number of fused-ring (bicyclic) bond motifs is 2. The zero-order valence-electron chi connectivity index (χ0n) is 15.8. The first-order valence-corrected chi connectivity index (χ1v) is 9.05. The first-order chi connectivity index (χ1) is 14.3. The Bertz CT molecular complexity index is 1350. The molecule has 2 N–H and O–H groups in total. The maximum absolute atomic E-state index is 13.3. The molecular formula is C22H16FNO6. The molecule has 0 bridgehead atoms. The van der Waals surface area contributed by atoms with Crippen molar-refractivity contribution < 1.29 is 27.9 Å². The van der Waals surface area contributed by atoms with Crippen LogP contribution in [0.1, 0.15) is 11.1 Å². The fraction of sp³-hybridized carbons (Fsp3) is 0.136. The van der Waals surface area contributed by atoms with Crippen LogP contribution in [0.3, 0.4) is 0 Å². The van der Waals surface area contributed by atoms with E-state index in [4.69, 9.17) is 13.9 Å². The molecule has 1 amide bonds. The van der Waals surface area contributed by atoms with Gasteiger partial charge in [-0.25, -0.2) is 9.18 Å². The SMILES string of the molecule is Cc1c(CC(=O)NCC(=O)O)c(=O)oc2cc3occ(-c4ccc(F)cc4)c3cc12. The third-order valence-electron chi connectivity index (χ3n) is 4.91. The minimum atomic E-state index is -1.18. The first-order valence-electron chi connectivity index (χ1n) is 9.05. The normalized spacial score (nSPS) is 11.1. The number of aliphatic carboxylic acids is 1. The fourth-order valence-electron chi connectivity index (χ4n) is 3.36. The third-order valence-corrected chi connectivity index (χ3v) is 4.91. The van der Waals surface area contributed by atoms with Gasteiger partial charge in [-0.1, -0.05) is 12.1 Å². The summed E-state index contributed by atoms with van der Waals surface area (Å²) in [6.45, 7) is 1.16. The topological polar surface area (TPSA) is 110 Å². The van der Waals surface area contributed by atoms with E-state index in [0.29, 0.717) is 22.1 Å². The van der Waals surface area contributed by atoms with Crippen LogP contribution in [0, 0.1) is 12.7 Å². The molecule has 152 valence electrons. The molecule has 0 saturated heterocycles. The van der Waals surface area contributed by atoms with Gasteiger partial charge < -0.3 is 19.3 Å². The van der Waals surface area contributed by atoms with Crippen molar-refractivity contribution in [2.45, 2.75) is 13.3 Å². The number of benzene rings is 2. The monoisotopic (exact) mass is 409 g/mol. The number of halogens is 1. The third kappa shape index (κ3) is 3.55. The van der Waals surface area contributed by atoms with Gasteiger partial charge in [0.25, 0.3) is 0 Å². The molecule has 0 saturated carbocycles. The maximum atomic E-state index is 13.3. The number of hydrogen-bond donors (Lipinski definition) is 2. The molecule has 7 nitrogen and oxygen atoms in total. The summed E-state index contributed by atoms with van der Waals surface area (Å²) >= 11 is 0. The van der Waals surface area contributed by atoms with E-state index in [1.54, 1.807) is 37.5 Å². The van der Waals surface area contributed by atoms with Gasteiger partial charge in [0, 0.05) is 22.4 Å². The van der Waals surface area contributed by atoms with Gasteiger partial charge in [0.15, 0.2) is 0 Å². The van der Waals surface area contributed by atoms with E-state index in [1.807, 2.05) is 0 Å². The highest BCUT2D eigenvalue weighted by atomic mass is 19.1. The van der Waals surface area contributed by atoms with Crippen LogP contribution in [0.4, 0.5) is 4.39 Å². The molecule has 8 heteroatoms. The molecule has 2 aromatic heterocycles. The number of carboxylic acids is 1. The Labute approximate surface area is 168 Å². The van der Waals surface area contributed by atoms with Crippen LogP contribution in [0.2, 0.25) is 0 Å². The summed E-state index contributed by atoms with van der Waals surface area (Å²) in [5.74, 6) is -2.12. The summed E-state index contributed by atoms with van der Waals surface area (Å²) in [7, 11) is 0. The number of amides is 1. The summed E-state index contributed by atoms with van der Waals surface area (Å²) < 4.78 is 24.2. The average Bonchev–Trinajstić information content (AvgIpc) is 3.12. The second kappa shape index (κ2) is 7.47. The minimum Gasteiger partial charge on any atom is -0.480 e. The number of hydrogen-bond acceptors (Lipinski definition) is 5. The number of nitrogens with one attached hydrogen (secondary N) is 1. The number of rotatable bonds is 5. The van der Waals surface area contributed by atoms with E-state index >= 15 is 0 Å². The van der Waals surface area contributed by atoms with Gasteiger partial charge in [0.2, 0.25) is 5.91 Å². The molecule has 0 aliphatic rings. The highest BCUT2D eigenvalue weighted by molar-refractivity contribution is 6.02. The van der Waals surface area contributed by atoms with E-state index in [1.165, 1.54) is 12.1 Å². The highest BCUT2D eigenvalue weighted by Gasteiger charge is 2.18. The molecule has 0 atom stereocenters. The van der Waals surface area contributed by atoms with E-state index < -0.39 is 24.0 Å². The summed E-state index contributed by atoms with van der Waals surface area (Å²) in [5, 5.41) is 12.3. The molecule has 30 heavy (non-hydrogen) atoms. The molecule has 4 aromatic rings. The number of carboxylic acid groups (broad SMARTS) is 1. The van der Waals surface area contributed by atoms with Gasteiger partial charge >= 0.3 is 11.6 Å². The van der Waals surface area contributed by atoms with E-state index in [2.05, 4.69) is 5.32 Å². The van der Waals surface area contributed by atoms with E-state index in [0.717, 1.165) is 16.5 Å². The predicted octanol–water partition coefficient (Wildman–Crippen LogP) is 3.40. The van der Waals surface area contributed by atoms with Crippen molar-refractivity contribution in [3.05, 3.63) is 70.0 Å². The van der Waals surface area contributed by atoms with Crippen LogP contribution < -0.4 is 10.9 Å². The Balaban J connectivity index is 1.81. The van der Waals surface area contributed by atoms with Crippen molar-refractivity contribution in [1.82, 2.24) is 5.32 Å². The van der Waals surface area contributed by atoms with Gasteiger partial charge in [-0.05, 0) is 36.2 Å². The second-order valence-electron chi connectivity index (χ2n) is 6.84. The number of furan rings is 1. The molecule has 0 spiro atoms. The van der Waals surface area contributed by atoms with Crippen molar-refractivity contribution in [1.29, 1.82) is 0 Å². The van der Waals surface area contributed by atoms with Gasteiger partial charge in [-0.3, -0.25) is 9.59 Å².